The summed E-state index contributed by atoms with van der Waals surface area (Å²) in [5.74, 6) is 1.27. The van der Waals surface area contributed by atoms with Gasteiger partial charge in [0, 0.05) is 4.75 Å². The lowest BCUT2D eigenvalue weighted by Crippen LogP contribution is -2.39. The van der Waals surface area contributed by atoms with Crippen LogP contribution in [0.3, 0.4) is 0 Å². The number of hydrogen-bond acceptors (Lipinski definition) is 3. The Hall–Kier alpha value is 0.270. The van der Waals surface area contributed by atoms with Crippen LogP contribution in [-0.4, -0.2) is 35.8 Å². The summed E-state index contributed by atoms with van der Waals surface area (Å²) in [6.45, 7) is 6.89. The Labute approximate surface area is 91.2 Å². The van der Waals surface area contributed by atoms with Gasteiger partial charge < -0.3 is 10.1 Å². The molecule has 0 aromatic carbocycles. The highest BCUT2D eigenvalue weighted by Gasteiger charge is 2.37. The molecule has 1 unspecified atom stereocenters. The summed E-state index contributed by atoms with van der Waals surface area (Å²) in [5, 5.41) is 3.38. The Kier molecular flexibility index (Phi) is 3.40. The third-order valence-electron chi connectivity index (χ3n) is 3.27. The molecule has 2 aliphatic rings. The predicted molar refractivity (Wildman–Crippen MR) is 61.9 cm³/mol. The molecule has 2 saturated heterocycles. The Balaban J connectivity index is 1.83. The van der Waals surface area contributed by atoms with Gasteiger partial charge in [-0.3, -0.25) is 0 Å². The van der Waals surface area contributed by atoms with Crippen molar-refractivity contribution >= 4 is 11.8 Å². The van der Waals surface area contributed by atoms with Crippen LogP contribution in [-0.2, 0) is 4.74 Å². The maximum Gasteiger partial charge on any atom is 0.0727 e. The van der Waals surface area contributed by atoms with Crippen molar-refractivity contribution in [3.05, 3.63) is 0 Å². The van der Waals surface area contributed by atoms with Gasteiger partial charge in [-0.25, -0.2) is 0 Å². The number of ether oxygens (including phenoxy) is 1. The second-order valence-corrected chi connectivity index (χ2v) is 6.56. The molecule has 2 aliphatic heterocycles. The second-order valence-electron chi connectivity index (χ2n) is 4.81. The minimum atomic E-state index is 0.338. The van der Waals surface area contributed by atoms with Crippen molar-refractivity contribution in [3.8, 4) is 0 Å². The fraction of sp³-hybridized carbons (Fsp3) is 1.00. The molecule has 0 saturated carbocycles. The molecule has 2 heterocycles. The molecule has 2 fully saturated rings. The van der Waals surface area contributed by atoms with E-state index < -0.39 is 0 Å². The number of nitrogens with one attached hydrogen (secondary N) is 1. The van der Waals surface area contributed by atoms with Crippen LogP contribution in [0.25, 0.3) is 0 Å². The molecule has 1 atom stereocenters. The highest BCUT2D eigenvalue weighted by molar-refractivity contribution is 8.00. The fourth-order valence-corrected chi connectivity index (χ4v) is 3.48. The summed E-state index contributed by atoms with van der Waals surface area (Å²) < 4.78 is 6.54. The quantitative estimate of drug-likeness (QED) is 0.761. The summed E-state index contributed by atoms with van der Waals surface area (Å²) in [6.07, 6.45) is 4.62. The molecule has 0 spiro atoms. The molecule has 2 rings (SSSR count). The first-order valence-electron chi connectivity index (χ1n) is 5.68. The monoisotopic (exact) mass is 215 g/mol. The van der Waals surface area contributed by atoms with E-state index in [2.05, 4.69) is 30.9 Å². The lowest BCUT2D eigenvalue weighted by Gasteiger charge is -2.32. The van der Waals surface area contributed by atoms with Gasteiger partial charge in [0.2, 0.25) is 0 Å². The van der Waals surface area contributed by atoms with Gasteiger partial charge in [0.05, 0.1) is 12.2 Å². The predicted octanol–water partition coefficient (Wildman–Crippen LogP) is 2.04. The maximum absolute atomic E-state index is 6.21. The molecule has 0 aliphatic carbocycles. The van der Waals surface area contributed by atoms with Gasteiger partial charge in [0.1, 0.15) is 0 Å². The summed E-state index contributed by atoms with van der Waals surface area (Å²) in [4.78, 5) is 0. The number of thioether (sulfide) groups is 1. The van der Waals surface area contributed by atoms with Gasteiger partial charge in [-0.2, -0.15) is 11.8 Å². The van der Waals surface area contributed by atoms with Crippen LogP contribution in [0.15, 0.2) is 0 Å². The highest BCUT2D eigenvalue weighted by atomic mass is 32.2. The largest absolute Gasteiger partial charge is 0.373 e. The third kappa shape index (κ3) is 2.44. The zero-order chi connectivity index (χ0) is 10.0. The first-order chi connectivity index (χ1) is 6.68. The minimum Gasteiger partial charge on any atom is -0.373 e. The summed E-state index contributed by atoms with van der Waals surface area (Å²) in [7, 11) is 0. The van der Waals surface area contributed by atoms with E-state index in [9.17, 15) is 0 Å². The third-order valence-corrected chi connectivity index (χ3v) is 4.72. The highest BCUT2D eigenvalue weighted by Crippen LogP contribution is 2.40. The Bertz CT molecular complexity index is 190. The van der Waals surface area contributed by atoms with Crippen LogP contribution in [0.4, 0.5) is 0 Å². The molecule has 1 N–H and O–H groups in total. The smallest absolute Gasteiger partial charge is 0.0727 e. The molecular formula is C11H21NOS. The topological polar surface area (TPSA) is 21.3 Å². The maximum atomic E-state index is 6.21. The van der Waals surface area contributed by atoms with Gasteiger partial charge in [-0.05, 0) is 52.0 Å². The molecule has 0 aromatic rings. The lowest BCUT2D eigenvalue weighted by atomic mass is 10.0. The molecule has 0 radical (unpaired) electrons. The summed E-state index contributed by atoms with van der Waals surface area (Å²) in [6, 6.07) is 0. The molecule has 0 bridgehead atoms. The van der Waals surface area contributed by atoms with Crippen molar-refractivity contribution in [2.24, 2.45) is 0 Å². The van der Waals surface area contributed by atoms with Crippen molar-refractivity contribution in [2.45, 2.75) is 50.1 Å². The van der Waals surface area contributed by atoms with Gasteiger partial charge in [-0.15, -0.1) is 0 Å². The van der Waals surface area contributed by atoms with Gasteiger partial charge in [0.15, 0.2) is 0 Å². The average Bonchev–Trinajstić information content (AvgIpc) is 2.48. The molecule has 2 nitrogen and oxygen atoms in total. The minimum absolute atomic E-state index is 0.338. The molecular weight excluding hydrogens is 194 g/mol. The Morgan fingerprint density at radius 2 is 1.93 bits per heavy atom. The van der Waals surface area contributed by atoms with E-state index in [4.69, 9.17) is 4.74 Å². The molecule has 0 aromatic heterocycles. The fourth-order valence-electron chi connectivity index (χ4n) is 2.27. The molecule has 82 valence electrons. The van der Waals surface area contributed by atoms with Crippen LogP contribution in [0, 0.1) is 0 Å². The van der Waals surface area contributed by atoms with Crippen LogP contribution >= 0.6 is 11.8 Å². The van der Waals surface area contributed by atoms with Crippen molar-refractivity contribution in [1.82, 2.24) is 5.32 Å². The van der Waals surface area contributed by atoms with Crippen molar-refractivity contribution in [2.75, 3.05) is 18.8 Å². The van der Waals surface area contributed by atoms with Gasteiger partial charge in [0.25, 0.3) is 0 Å². The standard InChI is InChI=1S/C11H21NOS/c1-11(2)10(5-8-14-11)13-9-3-6-12-7-4-9/h9-10,12H,3-8H2,1-2H3. The number of hydrogen-bond donors (Lipinski definition) is 1. The van der Waals surface area contributed by atoms with E-state index in [1.165, 1.54) is 25.0 Å². The Morgan fingerprint density at radius 1 is 1.21 bits per heavy atom. The van der Waals surface area contributed by atoms with Gasteiger partial charge in [-0.1, -0.05) is 0 Å². The van der Waals surface area contributed by atoms with E-state index in [-0.39, 0.29) is 0 Å². The van der Waals surface area contributed by atoms with Crippen molar-refractivity contribution in [1.29, 1.82) is 0 Å². The van der Waals surface area contributed by atoms with E-state index in [1.54, 1.807) is 0 Å². The lowest BCUT2D eigenvalue weighted by molar-refractivity contribution is -0.0367. The summed E-state index contributed by atoms with van der Waals surface area (Å²) >= 11 is 2.06. The zero-order valence-electron chi connectivity index (χ0n) is 9.21. The normalized spacial score (nSPS) is 33.4. The first-order valence-corrected chi connectivity index (χ1v) is 6.67. The van der Waals surface area contributed by atoms with Crippen LogP contribution < -0.4 is 5.32 Å². The van der Waals surface area contributed by atoms with E-state index in [0.29, 0.717) is 17.0 Å². The van der Waals surface area contributed by atoms with E-state index in [0.717, 1.165) is 13.1 Å². The average molecular weight is 215 g/mol. The molecule has 3 heteroatoms. The van der Waals surface area contributed by atoms with Crippen molar-refractivity contribution in [3.63, 3.8) is 0 Å². The zero-order valence-corrected chi connectivity index (χ0v) is 10.0. The Morgan fingerprint density at radius 3 is 2.50 bits per heavy atom. The SMILES string of the molecule is CC1(C)SCCC1OC1CCNCC1. The van der Waals surface area contributed by atoms with Crippen LogP contribution in [0.5, 0.6) is 0 Å². The second kappa shape index (κ2) is 4.42. The van der Waals surface area contributed by atoms with Crippen molar-refractivity contribution < 1.29 is 4.74 Å². The molecule has 0 amide bonds. The number of rotatable bonds is 2. The van der Waals surface area contributed by atoms with E-state index in [1.807, 2.05) is 0 Å². The van der Waals surface area contributed by atoms with Crippen LogP contribution in [0.1, 0.15) is 33.1 Å². The van der Waals surface area contributed by atoms with E-state index >= 15 is 0 Å². The van der Waals surface area contributed by atoms with Gasteiger partial charge >= 0.3 is 0 Å². The van der Waals surface area contributed by atoms with Crippen LogP contribution in [0.2, 0.25) is 0 Å². The first kappa shape index (κ1) is 10.8. The summed E-state index contributed by atoms with van der Waals surface area (Å²) in [5.41, 5.74) is 0. The number of piperidine rings is 1. The molecule has 14 heavy (non-hydrogen) atoms.